The first kappa shape index (κ1) is 19.2. The summed E-state index contributed by atoms with van der Waals surface area (Å²) in [5, 5.41) is 5.34. The van der Waals surface area contributed by atoms with Gasteiger partial charge in [-0.15, -0.1) is 0 Å². The number of hydrogen-bond donors (Lipinski definition) is 2. The third-order valence-electron chi connectivity index (χ3n) is 4.29. The largest absolute Gasteiger partial charge is 0.481 e. The number of rotatable bonds is 6. The lowest BCUT2D eigenvalue weighted by atomic mass is 10.1. The summed E-state index contributed by atoms with van der Waals surface area (Å²) in [5.74, 6) is 0.186. The highest BCUT2D eigenvalue weighted by molar-refractivity contribution is 5.96. The molecule has 2 N–H and O–H groups in total. The third-order valence-corrected chi connectivity index (χ3v) is 4.29. The topological polar surface area (TPSA) is 67.4 Å². The molecule has 0 aliphatic heterocycles. The molecule has 0 aliphatic rings. The van der Waals surface area contributed by atoms with E-state index in [1.54, 1.807) is 38.2 Å². The highest BCUT2D eigenvalue weighted by Crippen LogP contribution is 2.22. The first-order valence-electron chi connectivity index (χ1n) is 9.02. The van der Waals surface area contributed by atoms with Gasteiger partial charge < -0.3 is 15.4 Å². The van der Waals surface area contributed by atoms with Crippen molar-refractivity contribution in [1.29, 1.82) is 0 Å². The van der Waals surface area contributed by atoms with Gasteiger partial charge in [0.05, 0.1) is 0 Å². The smallest absolute Gasteiger partial charge is 0.265 e. The summed E-state index contributed by atoms with van der Waals surface area (Å²) in [6, 6.07) is 24.4. The predicted octanol–water partition coefficient (Wildman–Crippen LogP) is 4.12. The molecule has 3 rings (SSSR count). The molecule has 142 valence electrons. The summed E-state index contributed by atoms with van der Waals surface area (Å²) in [4.78, 5) is 23.9. The molecular formula is C23H22N2O3. The van der Waals surface area contributed by atoms with Crippen molar-refractivity contribution < 1.29 is 14.3 Å². The minimum Gasteiger partial charge on any atom is -0.481 e. The fourth-order valence-electron chi connectivity index (χ4n) is 2.71. The van der Waals surface area contributed by atoms with Crippen LogP contribution in [0.1, 0.15) is 17.3 Å². The molecule has 5 nitrogen and oxygen atoms in total. The summed E-state index contributed by atoms with van der Waals surface area (Å²) >= 11 is 0. The van der Waals surface area contributed by atoms with Crippen molar-refractivity contribution in [2.24, 2.45) is 0 Å². The van der Waals surface area contributed by atoms with E-state index in [0.717, 1.165) is 11.1 Å². The fraction of sp³-hybridized carbons (Fsp3) is 0.130. The molecule has 0 aliphatic carbocycles. The Bertz CT molecular complexity index is 936. The zero-order chi connectivity index (χ0) is 19.9. The molecule has 0 saturated heterocycles. The van der Waals surface area contributed by atoms with Crippen molar-refractivity contribution in [3.63, 3.8) is 0 Å². The molecule has 3 aromatic rings. The highest BCUT2D eigenvalue weighted by Gasteiger charge is 2.15. The van der Waals surface area contributed by atoms with Crippen LogP contribution in [0.4, 0.5) is 5.69 Å². The maximum atomic E-state index is 12.4. The molecule has 3 aromatic carbocycles. The van der Waals surface area contributed by atoms with Crippen LogP contribution < -0.4 is 15.4 Å². The summed E-state index contributed by atoms with van der Waals surface area (Å²) in [5.41, 5.74) is 3.34. The van der Waals surface area contributed by atoms with Crippen molar-refractivity contribution >= 4 is 17.5 Å². The summed E-state index contributed by atoms with van der Waals surface area (Å²) in [6.07, 6.45) is -0.666. The molecule has 1 atom stereocenters. The van der Waals surface area contributed by atoms with Crippen LogP contribution >= 0.6 is 0 Å². The first-order chi connectivity index (χ1) is 13.6. The van der Waals surface area contributed by atoms with Crippen LogP contribution in [0.5, 0.6) is 5.75 Å². The number of ether oxygens (including phenoxy) is 1. The van der Waals surface area contributed by atoms with Crippen LogP contribution in [-0.4, -0.2) is 25.0 Å². The maximum Gasteiger partial charge on any atom is 0.265 e. The molecule has 0 spiro atoms. The molecule has 0 saturated carbocycles. The second-order valence-electron chi connectivity index (χ2n) is 6.30. The Kier molecular flexibility index (Phi) is 6.07. The van der Waals surface area contributed by atoms with E-state index in [1.165, 1.54) is 0 Å². The van der Waals surface area contributed by atoms with Crippen molar-refractivity contribution in [2.75, 3.05) is 12.4 Å². The van der Waals surface area contributed by atoms with Gasteiger partial charge in [0.2, 0.25) is 0 Å². The number of benzene rings is 3. The molecule has 0 radical (unpaired) electrons. The molecule has 5 heteroatoms. The van der Waals surface area contributed by atoms with Gasteiger partial charge in [-0.25, -0.2) is 0 Å². The van der Waals surface area contributed by atoms with Crippen LogP contribution in [0.3, 0.4) is 0 Å². The first-order valence-corrected chi connectivity index (χ1v) is 9.02. The number of carbonyl (C=O) groups excluding carboxylic acids is 2. The average Bonchev–Trinajstić information content (AvgIpc) is 2.75. The highest BCUT2D eigenvalue weighted by atomic mass is 16.5. The third kappa shape index (κ3) is 4.76. The van der Waals surface area contributed by atoms with Crippen molar-refractivity contribution in [1.82, 2.24) is 5.32 Å². The maximum absolute atomic E-state index is 12.4. The molecule has 28 heavy (non-hydrogen) atoms. The van der Waals surface area contributed by atoms with Gasteiger partial charge in [0.15, 0.2) is 6.10 Å². The lowest BCUT2D eigenvalue weighted by Crippen LogP contribution is -2.30. The number of amides is 2. The normalized spacial score (nSPS) is 11.4. The van der Waals surface area contributed by atoms with E-state index >= 15 is 0 Å². The summed E-state index contributed by atoms with van der Waals surface area (Å²) in [6.45, 7) is 1.69. The Morgan fingerprint density at radius 3 is 2.04 bits per heavy atom. The number of hydrogen-bond acceptors (Lipinski definition) is 3. The minimum atomic E-state index is -0.666. The van der Waals surface area contributed by atoms with E-state index in [9.17, 15) is 9.59 Å². The van der Waals surface area contributed by atoms with Gasteiger partial charge >= 0.3 is 0 Å². The summed E-state index contributed by atoms with van der Waals surface area (Å²) < 4.78 is 5.74. The Balaban J connectivity index is 1.59. The molecule has 0 fully saturated rings. The van der Waals surface area contributed by atoms with Crippen LogP contribution in [0.15, 0.2) is 78.9 Å². The average molecular weight is 374 g/mol. The van der Waals surface area contributed by atoms with Crippen molar-refractivity contribution in [3.8, 4) is 16.9 Å². The molecule has 2 amide bonds. The molecule has 0 bridgehead atoms. The van der Waals surface area contributed by atoms with E-state index in [2.05, 4.69) is 10.6 Å². The van der Waals surface area contributed by atoms with Gasteiger partial charge in [0.25, 0.3) is 11.8 Å². The van der Waals surface area contributed by atoms with Gasteiger partial charge in [0, 0.05) is 18.3 Å². The lowest BCUT2D eigenvalue weighted by molar-refractivity contribution is -0.122. The predicted molar refractivity (Wildman–Crippen MR) is 110 cm³/mol. The lowest BCUT2D eigenvalue weighted by Gasteiger charge is -2.15. The van der Waals surface area contributed by atoms with E-state index in [4.69, 9.17) is 4.74 Å². The van der Waals surface area contributed by atoms with E-state index in [-0.39, 0.29) is 11.8 Å². The van der Waals surface area contributed by atoms with Gasteiger partial charge in [-0.3, -0.25) is 9.59 Å². The second kappa shape index (κ2) is 8.86. The SMILES string of the molecule is CNC(=O)c1ccc(NC(=O)C(C)Oc2ccc(-c3ccccc3)cc2)cc1. The van der Waals surface area contributed by atoms with E-state index in [1.807, 2.05) is 54.6 Å². The van der Waals surface area contributed by atoms with Gasteiger partial charge in [-0.05, 0) is 54.4 Å². The van der Waals surface area contributed by atoms with Gasteiger partial charge in [-0.1, -0.05) is 42.5 Å². The van der Waals surface area contributed by atoms with Crippen LogP contribution in [0.2, 0.25) is 0 Å². The Morgan fingerprint density at radius 2 is 1.43 bits per heavy atom. The van der Waals surface area contributed by atoms with Crippen molar-refractivity contribution in [2.45, 2.75) is 13.0 Å². The molecule has 1 unspecified atom stereocenters. The zero-order valence-electron chi connectivity index (χ0n) is 15.8. The van der Waals surface area contributed by atoms with Crippen molar-refractivity contribution in [3.05, 3.63) is 84.4 Å². The van der Waals surface area contributed by atoms with Crippen LogP contribution in [-0.2, 0) is 4.79 Å². The van der Waals surface area contributed by atoms with Gasteiger partial charge in [0.1, 0.15) is 5.75 Å². The molecule has 0 heterocycles. The number of carbonyl (C=O) groups is 2. The van der Waals surface area contributed by atoms with Gasteiger partial charge in [-0.2, -0.15) is 0 Å². The molecular weight excluding hydrogens is 352 g/mol. The number of nitrogens with one attached hydrogen (secondary N) is 2. The monoisotopic (exact) mass is 374 g/mol. The Labute approximate surface area is 164 Å². The summed E-state index contributed by atoms with van der Waals surface area (Å²) in [7, 11) is 1.57. The zero-order valence-corrected chi connectivity index (χ0v) is 15.8. The number of anilines is 1. The van der Waals surface area contributed by atoms with Crippen LogP contribution in [0.25, 0.3) is 11.1 Å². The second-order valence-corrected chi connectivity index (χ2v) is 6.30. The Hall–Kier alpha value is -3.60. The molecule has 0 aromatic heterocycles. The fourth-order valence-corrected chi connectivity index (χ4v) is 2.71. The van der Waals surface area contributed by atoms with E-state index in [0.29, 0.717) is 17.0 Å². The quantitative estimate of drug-likeness (QED) is 0.682. The van der Waals surface area contributed by atoms with Crippen LogP contribution in [0, 0.1) is 0 Å². The Morgan fingerprint density at radius 1 is 0.821 bits per heavy atom. The minimum absolute atomic E-state index is 0.173. The standard InChI is InChI=1S/C23H22N2O3/c1-16(22(26)25-20-12-8-19(9-13-20)23(27)24-2)28-21-14-10-18(11-15-21)17-6-4-3-5-7-17/h3-16H,1-2H3,(H,24,27)(H,25,26). The van der Waals surface area contributed by atoms with E-state index < -0.39 is 6.10 Å².